The smallest absolute Gasteiger partial charge is 0.270 e. The van der Waals surface area contributed by atoms with Gasteiger partial charge in [0.1, 0.15) is 6.07 Å². The number of anilines is 1. The van der Waals surface area contributed by atoms with Crippen molar-refractivity contribution in [2.24, 2.45) is 5.92 Å². The largest absolute Gasteiger partial charge is 0.370 e. The summed E-state index contributed by atoms with van der Waals surface area (Å²) in [6, 6.07) is 6.31. The SMILES string of the molecule is CNC(=O)C1CCN(c2ccc([N+](=O)[O-])cc2C#N)CC1. The highest BCUT2D eigenvalue weighted by Crippen LogP contribution is 2.28. The van der Waals surface area contributed by atoms with E-state index < -0.39 is 4.92 Å². The van der Waals surface area contributed by atoms with E-state index in [-0.39, 0.29) is 17.5 Å². The fourth-order valence-electron chi connectivity index (χ4n) is 2.59. The molecule has 0 spiro atoms. The van der Waals surface area contributed by atoms with Gasteiger partial charge in [0.15, 0.2) is 0 Å². The number of piperidine rings is 1. The normalized spacial score (nSPS) is 15.3. The first-order valence-corrected chi connectivity index (χ1v) is 6.72. The number of nitriles is 1. The molecule has 0 saturated carbocycles. The lowest BCUT2D eigenvalue weighted by molar-refractivity contribution is -0.384. The minimum absolute atomic E-state index is 0.00478. The Morgan fingerprint density at radius 1 is 1.48 bits per heavy atom. The standard InChI is InChI=1S/C14H16N4O3/c1-16-14(19)10-4-6-17(7-5-10)13-3-2-12(18(20)21)8-11(13)9-15/h2-3,8,10H,4-7H2,1H3,(H,16,19). The number of benzene rings is 1. The minimum Gasteiger partial charge on any atom is -0.370 e. The molecule has 7 nitrogen and oxygen atoms in total. The quantitative estimate of drug-likeness (QED) is 0.670. The molecule has 0 aliphatic carbocycles. The van der Waals surface area contributed by atoms with Crippen LogP contribution in [0.25, 0.3) is 0 Å². The summed E-state index contributed by atoms with van der Waals surface area (Å²) in [5, 5.41) is 22.6. The van der Waals surface area contributed by atoms with Crippen molar-refractivity contribution in [3.63, 3.8) is 0 Å². The first-order chi connectivity index (χ1) is 10.1. The summed E-state index contributed by atoms with van der Waals surface area (Å²) in [5.74, 6) is 0.0358. The van der Waals surface area contributed by atoms with Gasteiger partial charge in [-0.2, -0.15) is 5.26 Å². The Morgan fingerprint density at radius 2 is 2.14 bits per heavy atom. The molecular weight excluding hydrogens is 272 g/mol. The third-order valence-electron chi connectivity index (χ3n) is 3.76. The van der Waals surface area contributed by atoms with Gasteiger partial charge in [-0.05, 0) is 18.9 Å². The zero-order chi connectivity index (χ0) is 15.4. The topological polar surface area (TPSA) is 99.3 Å². The molecule has 1 fully saturated rings. The lowest BCUT2D eigenvalue weighted by Gasteiger charge is -2.33. The number of nitro benzene ring substituents is 1. The van der Waals surface area contributed by atoms with Crippen molar-refractivity contribution in [2.45, 2.75) is 12.8 Å². The number of hydrogen-bond donors (Lipinski definition) is 1. The van der Waals surface area contributed by atoms with Gasteiger partial charge in [-0.25, -0.2) is 0 Å². The summed E-state index contributed by atoms with van der Waals surface area (Å²) in [6.07, 6.45) is 1.42. The van der Waals surface area contributed by atoms with Gasteiger partial charge in [0.25, 0.3) is 5.69 Å². The van der Waals surface area contributed by atoms with E-state index in [0.717, 1.165) is 0 Å². The van der Waals surface area contributed by atoms with E-state index in [1.165, 1.54) is 12.1 Å². The Morgan fingerprint density at radius 3 is 2.67 bits per heavy atom. The Balaban J connectivity index is 2.15. The second-order valence-electron chi connectivity index (χ2n) is 4.95. The first kappa shape index (κ1) is 14.8. The number of rotatable bonds is 3. The van der Waals surface area contributed by atoms with Crippen LogP contribution >= 0.6 is 0 Å². The lowest BCUT2D eigenvalue weighted by Crippen LogP contribution is -2.39. The molecule has 1 aliphatic rings. The Labute approximate surface area is 122 Å². The number of nitrogens with zero attached hydrogens (tertiary/aromatic N) is 3. The number of nitro groups is 1. The number of amides is 1. The Bertz CT molecular complexity index is 601. The van der Waals surface area contributed by atoms with Gasteiger partial charge in [-0.1, -0.05) is 0 Å². The van der Waals surface area contributed by atoms with Crippen LogP contribution in [0.15, 0.2) is 18.2 Å². The van der Waals surface area contributed by atoms with E-state index in [1.54, 1.807) is 13.1 Å². The summed E-state index contributed by atoms with van der Waals surface area (Å²) < 4.78 is 0. The summed E-state index contributed by atoms with van der Waals surface area (Å²) in [5.41, 5.74) is 0.900. The summed E-state index contributed by atoms with van der Waals surface area (Å²) in [6.45, 7) is 1.31. The van der Waals surface area contributed by atoms with Gasteiger partial charge >= 0.3 is 0 Å². The predicted octanol–water partition coefficient (Wildman–Crippen LogP) is 1.43. The third kappa shape index (κ3) is 3.11. The van der Waals surface area contributed by atoms with E-state index in [0.29, 0.717) is 37.2 Å². The van der Waals surface area contributed by atoms with E-state index in [1.807, 2.05) is 11.0 Å². The molecule has 21 heavy (non-hydrogen) atoms. The molecular formula is C14H16N4O3. The molecule has 1 amide bonds. The summed E-state index contributed by atoms with van der Waals surface area (Å²) in [7, 11) is 1.62. The number of nitrogens with one attached hydrogen (secondary N) is 1. The molecule has 1 aromatic rings. The van der Waals surface area contributed by atoms with Crippen LogP contribution in [0.2, 0.25) is 0 Å². The van der Waals surface area contributed by atoms with Crippen LogP contribution in [0.3, 0.4) is 0 Å². The average molecular weight is 288 g/mol. The van der Waals surface area contributed by atoms with E-state index in [9.17, 15) is 20.2 Å². The number of carbonyl (C=O) groups is 1. The molecule has 1 N–H and O–H groups in total. The van der Waals surface area contributed by atoms with E-state index in [2.05, 4.69) is 5.32 Å². The maximum Gasteiger partial charge on any atom is 0.270 e. The lowest BCUT2D eigenvalue weighted by atomic mass is 9.95. The van der Waals surface area contributed by atoms with Crippen molar-refractivity contribution in [3.8, 4) is 6.07 Å². The molecule has 7 heteroatoms. The molecule has 0 unspecified atom stereocenters. The maximum atomic E-state index is 11.6. The molecule has 1 saturated heterocycles. The Kier molecular flexibility index (Phi) is 4.38. The highest BCUT2D eigenvalue weighted by Gasteiger charge is 2.25. The van der Waals surface area contributed by atoms with Crippen LogP contribution in [0.4, 0.5) is 11.4 Å². The monoisotopic (exact) mass is 288 g/mol. The van der Waals surface area contributed by atoms with Crippen molar-refractivity contribution in [1.82, 2.24) is 5.32 Å². The minimum atomic E-state index is -0.511. The fourth-order valence-corrected chi connectivity index (χ4v) is 2.59. The van der Waals surface area contributed by atoms with Crippen molar-refractivity contribution in [2.75, 3.05) is 25.0 Å². The van der Waals surface area contributed by atoms with Crippen LogP contribution in [0, 0.1) is 27.4 Å². The summed E-state index contributed by atoms with van der Waals surface area (Å²) >= 11 is 0. The molecule has 0 aromatic heterocycles. The van der Waals surface area contributed by atoms with Gasteiger partial charge in [0.05, 0.1) is 16.2 Å². The van der Waals surface area contributed by atoms with Crippen molar-refractivity contribution in [1.29, 1.82) is 5.26 Å². The number of non-ortho nitro benzene ring substituents is 1. The van der Waals surface area contributed by atoms with Gasteiger partial charge in [-0.15, -0.1) is 0 Å². The number of carbonyl (C=O) groups excluding carboxylic acids is 1. The zero-order valence-electron chi connectivity index (χ0n) is 11.7. The second-order valence-corrected chi connectivity index (χ2v) is 4.95. The van der Waals surface area contributed by atoms with Crippen LogP contribution in [-0.4, -0.2) is 31.0 Å². The molecule has 0 radical (unpaired) electrons. The van der Waals surface area contributed by atoms with Crippen LogP contribution < -0.4 is 10.2 Å². The van der Waals surface area contributed by atoms with Crippen molar-refractivity contribution >= 4 is 17.3 Å². The highest BCUT2D eigenvalue weighted by molar-refractivity contribution is 5.78. The van der Waals surface area contributed by atoms with Gasteiger partial charge in [0.2, 0.25) is 5.91 Å². The van der Waals surface area contributed by atoms with Crippen LogP contribution in [0.5, 0.6) is 0 Å². The first-order valence-electron chi connectivity index (χ1n) is 6.72. The molecule has 0 atom stereocenters. The second kappa shape index (κ2) is 6.22. The van der Waals surface area contributed by atoms with Gasteiger partial charge < -0.3 is 10.2 Å². The van der Waals surface area contributed by atoms with E-state index >= 15 is 0 Å². The maximum absolute atomic E-state index is 11.6. The van der Waals surface area contributed by atoms with Crippen LogP contribution in [0.1, 0.15) is 18.4 Å². The Hall–Kier alpha value is -2.62. The summed E-state index contributed by atoms with van der Waals surface area (Å²) in [4.78, 5) is 23.8. The molecule has 0 bridgehead atoms. The molecule has 1 aliphatic heterocycles. The van der Waals surface area contributed by atoms with Crippen molar-refractivity contribution in [3.05, 3.63) is 33.9 Å². The molecule has 1 heterocycles. The van der Waals surface area contributed by atoms with Gasteiger partial charge in [0, 0.05) is 38.2 Å². The number of hydrogen-bond acceptors (Lipinski definition) is 5. The molecule has 2 rings (SSSR count). The van der Waals surface area contributed by atoms with E-state index in [4.69, 9.17) is 0 Å². The van der Waals surface area contributed by atoms with Crippen LogP contribution in [-0.2, 0) is 4.79 Å². The van der Waals surface area contributed by atoms with Gasteiger partial charge in [-0.3, -0.25) is 14.9 Å². The van der Waals surface area contributed by atoms with Crippen molar-refractivity contribution < 1.29 is 9.72 Å². The third-order valence-corrected chi connectivity index (χ3v) is 3.76. The molecule has 1 aromatic carbocycles. The molecule has 110 valence electrons. The average Bonchev–Trinajstić information content (AvgIpc) is 2.53. The zero-order valence-corrected chi connectivity index (χ0v) is 11.7. The fraction of sp³-hybridized carbons (Fsp3) is 0.429. The predicted molar refractivity (Wildman–Crippen MR) is 76.8 cm³/mol. The highest BCUT2D eigenvalue weighted by atomic mass is 16.6.